The maximum absolute atomic E-state index is 5.97. The molecule has 0 atom stereocenters. The highest BCUT2D eigenvalue weighted by Crippen LogP contribution is 2.29. The van der Waals surface area contributed by atoms with Crippen LogP contribution >= 0.6 is 27.3 Å². The van der Waals surface area contributed by atoms with Gasteiger partial charge in [0.2, 0.25) is 0 Å². The third-order valence-corrected chi connectivity index (χ3v) is 5.05. The summed E-state index contributed by atoms with van der Waals surface area (Å²) in [5.74, 6) is 0.553. The Hall–Kier alpha value is -1.40. The molecule has 3 rings (SSSR count). The number of nitrogens with zero attached hydrogens (tertiary/aromatic N) is 3. The van der Waals surface area contributed by atoms with E-state index in [0.717, 1.165) is 27.6 Å². The normalized spacial score (nSPS) is 11.3. The van der Waals surface area contributed by atoms with E-state index in [1.807, 2.05) is 0 Å². The molecule has 6 heteroatoms. The third-order valence-electron chi connectivity index (χ3n) is 3.37. The molecular formula is C13H13BrN4S. The van der Waals surface area contributed by atoms with Gasteiger partial charge < -0.3 is 10.3 Å². The SMILES string of the molecule is Cc1c(C)n(Cc2cc(Br)cs2)c2ncnc(N)c12. The Morgan fingerprint density at radius 3 is 2.84 bits per heavy atom. The fraction of sp³-hybridized carbons (Fsp3) is 0.231. The molecule has 0 fully saturated rings. The first-order valence-corrected chi connectivity index (χ1v) is 7.54. The van der Waals surface area contributed by atoms with Crippen LogP contribution in [0, 0.1) is 13.8 Å². The first kappa shape index (κ1) is 12.6. The number of halogens is 1. The molecule has 3 aromatic rings. The molecule has 0 radical (unpaired) electrons. The molecule has 3 aromatic heterocycles. The van der Waals surface area contributed by atoms with E-state index in [1.165, 1.54) is 16.9 Å². The van der Waals surface area contributed by atoms with Crippen LogP contribution in [0.15, 0.2) is 22.2 Å². The van der Waals surface area contributed by atoms with Gasteiger partial charge in [0.25, 0.3) is 0 Å². The summed E-state index contributed by atoms with van der Waals surface area (Å²) in [6.45, 7) is 4.97. The molecule has 0 saturated carbocycles. The zero-order chi connectivity index (χ0) is 13.6. The average molecular weight is 337 g/mol. The van der Waals surface area contributed by atoms with Crippen LogP contribution in [-0.4, -0.2) is 14.5 Å². The number of rotatable bonds is 2. The standard InChI is InChI=1S/C13H13BrN4S/c1-7-8(2)18(4-10-3-9(14)5-19-10)13-11(7)12(15)16-6-17-13/h3,5-6H,4H2,1-2H3,(H2,15,16,17). The van der Waals surface area contributed by atoms with Crippen molar-refractivity contribution in [3.63, 3.8) is 0 Å². The first-order chi connectivity index (χ1) is 9.08. The summed E-state index contributed by atoms with van der Waals surface area (Å²) in [5, 5.41) is 3.06. The molecule has 0 aliphatic heterocycles. The lowest BCUT2D eigenvalue weighted by Crippen LogP contribution is -2.02. The molecule has 0 aliphatic carbocycles. The molecular weight excluding hydrogens is 324 g/mol. The Labute approximate surface area is 123 Å². The number of anilines is 1. The molecule has 0 bridgehead atoms. The van der Waals surface area contributed by atoms with Crippen molar-refractivity contribution in [2.24, 2.45) is 0 Å². The van der Waals surface area contributed by atoms with Crippen molar-refractivity contribution in [2.75, 3.05) is 5.73 Å². The van der Waals surface area contributed by atoms with E-state index in [9.17, 15) is 0 Å². The van der Waals surface area contributed by atoms with Gasteiger partial charge in [-0.05, 0) is 41.4 Å². The van der Waals surface area contributed by atoms with Crippen LogP contribution in [0.1, 0.15) is 16.1 Å². The molecule has 0 spiro atoms. The molecule has 0 unspecified atom stereocenters. The number of aromatic nitrogens is 3. The molecule has 0 aliphatic rings. The van der Waals surface area contributed by atoms with Crippen LogP contribution in [-0.2, 0) is 6.54 Å². The van der Waals surface area contributed by atoms with Crippen molar-refractivity contribution in [2.45, 2.75) is 20.4 Å². The highest BCUT2D eigenvalue weighted by molar-refractivity contribution is 9.10. The highest BCUT2D eigenvalue weighted by Gasteiger charge is 2.15. The van der Waals surface area contributed by atoms with Crippen LogP contribution in [0.2, 0.25) is 0 Å². The molecule has 4 nitrogen and oxygen atoms in total. The fourth-order valence-electron chi connectivity index (χ4n) is 2.28. The molecule has 0 aromatic carbocycles. The molecule has 98 valence electrons. The zero-order valence-corrected chi connectivity index (χ0v) is 13.0. The number of hydrogen-bond acceptors (Lipinski definition) is 4. The first-order valence-electron chi connectivity index (χ1n) is 5.86. The Morgan fingerprint density at radius 2 is 2.16 bits per heavy atom. The molecule has 2 N–H and O–H groups in total. The number of fused-ring (bicyclic) bond motifs is 1. The number of hydrogen-bond donors (Lipinski definition) is 1. The van der Waals surface area contributed by atoms with Gasteiger partial charge in [-0.2, -0.15) is 0 Å². The summed E-state index contributed by atoms with van der Waals surface area (Å²) in [5.41, 5.74) is 9.22. The van der Waals surface area contributed by atoms with Gasteiger partial charge in [-0.1, -0.05) is 0 Å². The summed E-state index contributed by atoms with van der Waals surface area (Å²) < 4.78 is 3.31. The Kier molecular flexibility index (Phi) is 3.06. The van der Waals surface area contributed by atoms with Gasteiger partial charge in [-0.3, -0.25) is 0 Å². The summed E-state index contributed by atoms with van der Waals surface area (Å²) >= 11 is 5.22. The zero-order valence-electron chi connectivity index (χ0n) is 10.6. The van der Waals surface area contributed by atoms with Gasteiger partial charge in [0.05, 0.1) is 11.9 Å². The molecule has 19 heavy (non-hydrogen) atoms. The number of aryl methyl sites for hydroxylation is 1. The van der Waals surface area contributed by atoms with E-state index in [-0.39, 0.29) is 0 Å². The monoisotopic (exact) mass is 336 g/mol. The minimum atomic E-state index is 0.553. The molecule has 0 saturated heterocycles. The lowest BCUT2D eigenvalue weighted by Gasteiger charge is -2.05. The van der Waals surface area contributed by atoms with Gasteiger partial charge in [-0.25, -0.2) is 9.97 Å². The summed E-state index contributed by atoms with van der Waals surface area (Å²) in [6, 6.07) is 2.13. The van der Waals surface area contributed by atoms with E-state index in [2.05, 4.69) is 55.8 Å². The van der Waals surface area contributed by atoms with Gasteiger partial charge >= 0.3 is 0 Å². The van der Waals surface area contributed by atoms with Crippen molar-refractivity contribution in [1.29, 1.82) is 0 Å². The molecule has 0 amide bonds. The number of nitrogen functional groups attached to an aromatic ring is 1. The summed E-state index contributed by atoms with van der Waals surface area (Å²) in [4.78, 5) is 9.76. The number of nitrogens with two attached hydrogens (primary N) is 1. The average Bonchev–Trinajstić information content (AvgIpc) is 2.88. The predicted molar refractivity (Wildman–Crippen MR) is 82.5 cm³/mol. The van der Waals surface area contributed by atoms with Crippen molar-refractivity contribution < 1.29 is 0 Å². The van der Waals surface area contributed by atoms with Gasteiger partial charge in [-0.15, -0.1) is 11.3 Å². The summed E-state index contributed by atoms with van der Waals surface area (Å²) in [6.07, 6.45) is 1.53. The van der Waals surface area contributed by atoms with Crippen LogP contribution < -0.4 is 5.73 Å². The van der Waals surface area contributed by atoms with Gasteiger partial charge in [0.1, 0.15) is 17.8 Å². The second kappa shape index (κ2) is 4.61. The van der Waals surface area contributed by atoms with Crippen LogP contribution in [0.25, 0.3) is 11.0 Å². The highest BCUT2D eigenvalue weighted by atomic mass is 79.9. The second-order valence-electron chi connectivity index (χ2n) is 4.49. The van der Waals surface area contributed by atoms with E-state index in [0.29, 0.717) is 5.82 Å². The van der Waals surface area contributed by atoms with Crippen molar-refractivity contribution in [1.82, 2.24) is 14.5 Å². The van der Waals surface area contributed by atoms with Crippen molar-refractivity contribution in [3.8, 4) is 0 Å². The Morgan fingerprint density at radius 1 is 1.37 bits per heavy atom. The van der Waals surface area contributed by atoms with Gasteiger partial charge in [0.15, 0.2) is 0 Å². The lowest BCUT2D eigenvalue weighted by molar-refractivity contribution is 0.801. The second-order valence-corrected chi connectivity index (χ2v) is 6.40. The van der Waals surface area contributed by atoms with Crippen LogP contribution in [0.4, 0.5) is 5.82 Å². The summed E-state index contributed by atoms with van der Waals surface area (Å²) in [7, 11) is 0. The maximum atomic E-state index is 5.97. The quantitative estimate of drug-likeness (QED) is 0.779. The van der Waals surface area contributed by atoms with E-state index in [1.54, 1.807) is 11.3 Å². The van der Waals surface area contributed by atoms with E-state index < -0.39 is 0 Å². The predicted octanol–water partition coefficient (Wildman–Crippen LogP) is 3.50. The van der Waals surface area contributed by atoms with Crippen LogP contribution in [0.5, 0.6) is 0 Å². The van der Waals surface area contributed by atoms with Gasteiger partial charge in [0, 0.05) is 20.4 Å². The van der Waals surface area contributed by atoms with Crippen LogP contribution in [0.3, 0.4) is 0 Å². The van der Waals surface area contributed by atoms with Crippen molar-refractivity contribution in [3.05, 3.63) is 38.4 Å². The maximum Gasteiger partial charge on any atom is 0.146 e. The fourth-order valence-corrected chi connectivity index (χ4v) is 3.72. The molecule has 3 heterocycles. The Balaban J connectivity index is 2.18. The van der Waals surface area contributed by atoms with Crippen molar-refractivity contribution >= 4 is 44.1 Å². The van der Waals surface area contributed by atoms with E-state index in [4.69, 9.17) is 5.73 Å². The third kappa shape index (κ3) is 2.04. The lowest BCUT2D eigenvalue weighted by atomic mass is 10.2. The Bertz CT molecular complexity index is 759. The largest absolute Gasteiger partial charge is 0.383 e. The minimum absolute atomic E-state index is 0.553. The minimum Gasteiger partial charge on any atom is -0.383 e. The van der Waals surface area contributed by atoms with E-state index >= 15 is 0 Å². The topological polar surface area (TPSA) is 56.7 Å². The smallest absolute Gasteiger partial charge is 0.146 e. The number of thiophene rings is 1.